The van der Waals surface area contributed by atoms with E-state index in [1.165, 1.54) is 5.56 Å². The van der Waals surface area contributed by atoms with Gasteiger partial charge in [-0.2, -0.15) is 0 Å². The number of aromatic nitrogens is 2. The first kappa shape index (κ1) is 21.1. The maximum Gasteiger partial charge on any atom is 0.254 e. The SMILES string of the molecule is Cc1ccc(-c2cnc(-c3ccccc3C(=O)N3CCN(Cc4ccccn4)CC3)o2)cc1. The van der Waals surface area contributed by atoms with E-state index in [9.17, 15) is 4.79 Å². The number of rotatable bonds is 5. The van der Waals surface area contributed by atoms with E-state index < -0.39 is 0 Å². The van der Waals surface area contributed by atoms with E-state index in [2.05, 4.69) is 21.8 Å². The Kier molecular flexibility index (Phi) is 6.00. The average molecular weight is 439 g/mol. The first-order valence-electron chi connectivity index (χ1n) is 11.2. The first-order valence-corrected chi connectivity index (χ1v) is 11.2. The van der Waals surface area contributed by atoms with Crippen LogP contribution >= 0.6 is 0 Å². The van der Waals surface area contributed by atoms with Gasteiger partial charge in [-0.1, -0.05) is 48.0 Å². The molecule has 0 N–H and O–H groups in total. The van der Waals surface area contributed by atoms with E-state index in [1.54, 1.807) is 6.20 Å². The number of pyridine rings is 1. The van der Waals surface area contributed by atoms with E-state index >= 15 is 0 Å². The van der Waals surface area contributed by atoms with Crippen LogP contribution < -0.4 is 0 Å². The predicted molar refractivity (Wildman–Crippen MR) is 128 cm³/mol. The van der Waals surface area contributed by atoms with Crippen molar-refractivity contribution in [3.8, 4) is 22.8 Å². The van der Waals surface area contributed by atoms with Crippen molar-refractivity contribution < 1.29 is 9.21 Å². The zero-order chi connectivity index (χ0) is 22.6. The maximum absolute atomic E-state index is 13.4. The third-order valence-electron chi connectivity index (χ3n) is 6.00. The Bertz CT molecular complexity index is 1230. The van der Waals surface area contributed by atoms with E-state index in [-0.39, 0.29) is 5.91 Å². The molecular weight excluding hydrogens is 412 g/mol. The molecule has 33 heavy (non-hydrogen) atoms. The lowest BCUT2D eigenvalue weighted by molar-refractivity contribution is 0.0627. The molecule has 1 saturated heterocycles. The fraction of sp³-hybridized carbons (Fsp3) is 0.222. The smallest absolute Gasteiger partial charge is 0.254 e. The molecule has 0 unspecified atom stereocenters. The molecular formula is C27H26N4O2. The number of piperazine rings is 1. The topological polar surface area (TPSA) is 62.5 Å². The molecule has 1 fully saturated rings. The van der Waals surface area contributed by atoms with Gasteiger partial charge in [0.1, 0.15) is 0 Å². The molecule has 0 atom stereocenters. The van der Waals surface area contributed by atoms with Crippen LogP contribution in [0.4, 0.5) is 0 Å². The summed E-state index contributed by atoms with van der Waals surface area (Å²) in [7, 11) is 0. The fourth-order valence-corrected chi connectivity index (χ4v) is 4.11. The molecule has 2 aromatic heterocycles. The molecule has 1 amide bonds. The summed E-state index contributed by atoms with van der Waals surface area (Å²) in [5.41, 5.74) is 4.54. The monoisotopic (exact) mass is 438 g/mol. The molecule has 0 saturated carbocycles. The van der Waals surface area contributed by atoms with Crippen molar-refractivity contribution in [1.82, 2.24) is 19.8 Å². The van der Waals surface area contributed by atoms with E-state index in [0.717, 1.165) is 36.5 Å². The minimum absolute atomic E-state index is 0.0122. The Labute approximate surface area is 193 Å². The Hall–Kier alpha value is -3.77. The summed E-state index contributed by atoms with van der Waals surface area (Å²) in [4.78, 5) is 26.5. The van der Waals surface area contributed by atoms with Crippen LogP contribution in [-0.4, -0.2) is 51.9 Å². The van der Waals surface area contributed by atoms with Crippen LogP contribution in [0.25, 0.3) is 22.8 Å². The number of carbonyl (C=O) groups excluding carboxylic acids is 1. The Morgan fingerprint density at radius 1 is 0.909 bits per heavy atom. The van der Waals surface area contributed by atoms with Gasteiger partial charge in [-0.3, -0.25) is 14.7 Å². The Morgan fingerprint density at radius 3 is 2.42 bits per heavy atom. The second-order valence-corrected chi connectivity index (χ2v) is 8.33. The van der Waals surface area contributed by atoms with Gasteiger partial charge in [0.15, 0.2) is 5.76 Å². The molecule has 1 aliphatic heterocycles. The highest BCUT2D eigenvalue weighted by Crippen LogP contribution is 2.29. The highest BCUT2D eigenvalue weighted by atomic mass is 16.4. The predicted octanol–water partition coefficient (Wildman–Crippen LogP) is 4.67. The quantitative estimate of drug-likeness (QED) is 0.453. The summed E-state index contributed by atoms with van der Waals surface area (Å²) in [5.74, 6) is 1.16. The maximum atomic E-state index is 13.4. The van der Waals surface area contributed by atoms with Crippen molar-refractivity contribution in [2.24, 2.45) is 0 Å². The zero-order valence-electron chi connectivity index (χ0n) is 18.6. The number of benzene rings is 2. The van der Waals surface area contributed by atoms with Crippen molar-refractivity contribution in [1.29, 1.82) is 0 Å². The zero-order valence-corrected chi connectivity index (χ0v) is 18.6. The highest BCUT2D eigenvalue weighted by Gasteiger charge is 2.25. The lowest BCUT2D eigenvalue weighted by Crippen LogP contribution is -2.48. The number of amides is 1. The van der Waals surface area contributed by atoms with Crippen LogP contribution in [0.2, 0.25) is 0 Å². The summed E-state index contributed by atoms with van der Waals surface area (Å²) in [6.07, 6.45) is 3.54. The molecule has 166 valence electrons. The molecule has 6 nitrogen and oxygen atoms in total. The van der Waals surface area contributed by atoms with Crippen LogP contribution in [0, 0.1) is 6.92 Å². The summed E-state index contributed by atoms with van der Waals surface area (Å²) < 4.78 is 6.06. The van der Waals surface area contributed by atoms with Crippen molar-refractivity contribution in [3.05, 3.63) is 95.9 Å². The third-order valence-corrected chi connectivity index (χ3v) is 6.00. The van der Waals surface area contributed by atoms with Gasteiger partial charge < -0.3 is 9.32 Å². The molecule has 0 aliphatic carbocycles. The second-order valence-electron chi connectivity index (χ2n) is 8.33. The van der Waals surface area contributed by atoms with Gasteiger partial charge in [0, 0.05) is 50.0 Å². The lowest BCUT2D eigenvalue weighted by Gasteiger charge is -2.34. The van der Waals surface area contributed by atoms with E-state index in [1.807, 2.05) is 77.8 Å². The van der Waals surface area contributed by atoms with E-state index in [4.69, 9.17) is 4.42 Å². The molecule has 4 aromatic rings. The standard InChI is InChI=1S/C27H26N4O2/c1-20-9-11-21(12-10-20)25-18-29-26(33-25)23-7-2-3-8-24(23)27(32)31-16-14-30(15-17-31)19-22-6-4-5-13-28-22/h2-13,18H,14-17,19H2,1H3. The minimum Gasteiger partial charge on any atom is -0.436 e. The number of oxazole rings is 1. The molecule has 0 radical (unpaired) electrons. The van der Waals surface area contributed by atoms with Crippen LogP contribution in [0.3, 0.4) is 0 Å². The molecule has 0 bridgehead atoms. The van der Waals surface area contributed by atoms with Gasteiger partial charge in [0.2, 0.25) is 5.89 Å². The van der Waals surface area contributed by atoms with Crippen LogP contribution in [-0.2, 0) is 6.54 Å². The van der Waals surface area contributed by atoms with Crippen molar-refractivity contribution in [2.45, 2.75) is 13.5 Å². The van der Waals surface area contributed by atoms with Gasteiger partial charge in [-0.15, -0.1) is 0 Å². The number of hydrogen-bond donors (Lipinski definition) is 0. The van der Waals surface area contributed by atoms with Gasteiger partial charge in [-0.25, -0.2) is 4.98 Å². The molecule has 6 heteroatoms. The Morgan fingerprint density at radius 2 is 1.67 bits per heavy atom. The normalized spacial score (nSPS) is 14.4. The summed E-state index contributed by atoms with van der Waals surface area (Å²) in [6, 6.07) is 21.6. The largest absolute Gasteiger partial charge is 0.436 e. The summed E-state index contributed by atoms with van der Waals surface area (Å²) >= 11 is 0. The second kappa shape index (κ2) is 9.38. The van der Waals surface area contributed by atoms with Crippen molar-refractivity contribution in [3.63, 3.8) is 0 Å². The van der Waals surface area contributed by atoms with Crippen LogP contribution in [0.15, 0.2) is 83.5 Å². The molecule has 1 aliphatic rings. The summed E-state index contributed by atoms with van der Waals surface area (Å²) in [6.45, 7) is 5.86. The van der Waals surface area contributed by atoms with Gasteiger partial charge >= 0.3 is 0 Å². The number of carbonyl (C=O) groups is 1. The fourth-order valence-electron chi connectivity index (χ4n) is 4.11. The molecule has 5 rings (SSSR count). The number of aryl methyl sites for hydroxylation is 1. The molecule has 0 spiro atoms. The average Bonchev–Trinajstić information content (AvgIpc) is 3.35. The van der Waals surface area contributed by atoms with Crippen molar-refractivity contribution in [2.75, 3.05) is 26.2 Å². The first-order chi connectivity index (χ1) is 16.2. The van der Waals surface area contributed by atoms with Crippen LogP contribution in [0.5, 0.6) is 0 Å². The molecule has 3 heterocycles. The van der Waals surface area contributed by atoms with Gasteiger partial charge in [0.25, 0.3) is 5.91 Å². The highest BCUT2D eigenvalue weighted by molar-refractivity contribution is 6.00. The van der Waals surface area contributed by atoms with Crippen LogP contribution in [0.1, 0.15) is 21.6 Å². The Balaban J connectivity index is 1.30. The number of hydrogen-bond acceptors (Lipinski definition) is 5. The molecule has 2 aromatic carbocycles. The van der Waals surface area contributed by atoms with Crippen molar-refractivity contribution >= 4 is 5.91 Å². The lowest BCUT2D eigenvalue weighted by atomic mass is 10.1. The third kappa shape index (κ3) is 4.71. The van der Waals surface area contributed by atoms with Gasteiger partial charge in [-0.05, 0) is 31.2 Å². The minimum atomic E-state index is 0.0122. The van der Waals surface area contributed by atoms with E-state index in [0.29, 0.717) is 30.3 Å². The summed E-state index contributed by atoms with van der Waals surface area (Å²) in [5, 5.41) is 0. The number of nitrogens with zero attached hydrogens (tertiary/aromatic N) is 4. The van der Waals surface area contributed by atoms with Gasteiger partial charge in [0.05, 0.1) is 17.5 Å².